The van der Waals surface area contributed by atoms with Gasteiger partial charge >= 0.3 is 5.97 Å². The Labute approximate surface area is 152 Å². The molecule has 0 radical (unpaired) electrons. The van der Waals surface area contributed by atoms with E-state index in [1.54, 1.807) is 6.07 Å². The molecule has 0 aromatic heterocycles. The summed E-state index contributed by atoms with van der Waals surface area (Å²) in [4.78, 5) is 11.8. The van der Waals surface area contributed by atoms with E-state index in [9.17, 15) is 4.79 Å². The van der Waals surface area contributed by atoms with Crippen molar-refractivity contribution in [2.45, 2.75) is 0 Å². The number of ether oxygens (including phenoxy) is 2. The lowest BCUT2D eigenvalue weighted by Gasteiger charge is -2.14. The first-order chi connectivity index (χ1) is 11.0. The van der Waals surface area contributed by atoms with E-state index in [0.717, 1.165) is 10.2 Å². The van der Waals surface area contributed by atoms with Crippen molar-refractivity contribution >= 4 is 50.8 Å². The van der Waals surface area contributed by atoms with Crippen molar-refractivity contribution < 1.29 is 14.3 Å². The summed E-state index contributed by atoms with van der Waals surface area (Å²) in [6.07, 6.45) is 0. The summed E-state index contributed by atoms with van der Waals surface area (Å²) < 4.78 is 11.3. The van der Waals surface area contributed by atoms with Gasteiger partial charge in [-0.25, -0.2) is 4.79 Å². The summed E-state index contributed by atoms with van der Waals surface area (Å²) >= 11 is 15.4. The molecule has 0 aliphatic carbocycles. The highest BCUT2D eigenvalue weighted by molar-refractivity contribution is 9.10. The lowest BCUT2D eigenvalue weighted by Crippen LogP contribution is -2.15. The SMILES string of the molecule is COC(=O)c1cc(Cl)cc(Cl)c1NCCOc1ccc(Br)cc1. The molecular formula is C16H14BrCl2NO3. The van der Waals surface area contributed by atoms with E-state index in [1.807, 2.05) is 24.3 Å². The van der Waals surface area contributed by atoms with E-state index < -0.39 is 5.97 Å². The van der Waals surface area contributed by atoms with Gasteiger partial charge in [-0.2, -0.15) is 0 Å². The number of halogens is 3. The monoisotopic (exact) mass is 417 g/mol. The molecule has 2 aromatic rings. The fourth-order valence-electron chi connectivity index (χ4n) is 1.90. The molecule has 0 unspecified atom stereocenters. The van der Waals surface area contributed by atoms with Crippen molar-refractivity contribution in [3.05, 3.63) is 56.5 Å². The molecule has 0 saturated carbocycles. The zero-order chi connectivity index (χ0) is 16.8. The molecule has 2 rings (SSSR count). The van der Waals surface area contributed by atoms with Crippen molar-refractivity contribution in [3.8, 4) is 5.75 Å². The third kappa shape index (κ3) is 5.03. The van der Waals surface area contributed by atoms with Crippen molar-refractivity contribution in [2.24, 2.45) is 0 Å². The van der Waals surface area contributed by atoms with E-state index in [2.05, 4.69) is 21.2 Å². The Hall–Kier alpha value is -1.43. The standard InChI is InChI=1S/C16H14BrCl2NO3/c1-22-16(21)13-8-11(18)9-14(19)15(13)20-6-7-23-12-4-2-10(17)3-5-12/h2-5,8-9,20H,6-7H2,1H3. The van der Waals surface area contributed by atoms with Crippen molar-refractivity contribution in [2.75, 3.05) is 25.6 Å². The van der Waals surface area contributed by atoms with Gasteiger partial charge in [0.2, 0.25) is 0 Å². The molecule has 0 atom stereocenters. The Morgan fingerprint density at radius 2 is 1.91 bits per heavy atom. The molecule has 4 nitrogen and oxygen atoms in total. The molecule has 0 saturated heterocycles. The van der Waals surface area contributed by atoms with Crippen LogP contribution in [0.15, 0.2) is 40.9 Å². The Kier molecular flexibility index (Phi) is 6.57. The molecule has 0 amide bonds. The van der Waals surface area contributed by atoms with Gasteiger partial charge in [0.15, 0.2) is 0 Å². The quantitative estimate of drug-likeness (QED) is 0.527. The molecule has 2 aromatic carbocycles. The first kappa shape index (κ1) is 17.9. The minimum Gasteiger partial charge on any atom is -0.492 e. The van der Waals surface area contributed by atoms with Crippen LogP contribution in [0.3, 0.4) is 0 Å². The number of anilines is 1. The van der Waals surface area contributed by atoms with Gasteiger partial charge in [-0.3, -0.25) is 0 Å². The summed E-state index contributed by atoms with van der Waals surface area (Å²) in [6, 6.07) is 10.6. The van der Waals surface area contributed by atoms with E-state index in [1.165, 1.54) is 13.2 Å². The molecule has 23 heavy (non-hydrogen) atoms. The van der Waals surface area contributed by atoms with Gasteiger partial charge in [0.25, 0.3) is 0 Å². The first-order valence-electron chi connectivity index (χ1n) is 6.71. The molecular weight excluding hydrogens is 405 g/mol. The largest absolute Gasteiger partial charge is 0.492 e. The number of benzene rings is 2. The predicted molar refractivity (Wildman–Crippen MR) is 95.9 cm³/mol. The molecule has 0 bridgehead atoms. The number of methoxy groups -OCH3 is 1. The smallest absolute Gasteiger partial charge is 0.340 e. The molecule has 0 spiro atoms. The zero-order valence-electron chi connectivity index (χ0n) is 12.2. The second kappa shape index (κ2) is 8.43. The highest BCUT2D eigenvalue weighted by Crippen LogP contribution is 2.30. The van der Waals surface area contributed by atoms with Crippen LogP contribution in [0.2, 0.25) is 10.0 Å². The highest BCUT2D eigenvalue weighted by Gasteiger charge is 2.16. The van der Waals surface area contributed by atoms with Crippen molar-refractivity contribution in [1.82, 2.24) is 0 Å². The van der Waals surface area contributed by atoms with Gasteiger partial charge in [0.1, 0.15) is 12.4 Å². The van der Waals surface area contributed by atoms with Crippen LogP contribution in [0.5, 0.6) is 5.75 Å². The Balaban J connectivity index is 1.99. The van der Waals surface area contributed by atoms with Crippen LogP contribution in [-0.4, -0.2) is 26.2 Å². The minimum absolute atomic E-state index is 0.286. The lowest BCUT2D eigenvalue weighted by atomic mass is 10.1. The summed E-state index contributed by atoms with van der Waals surface area (Å²) in [5, 5.41) is 3.80. The second-order valence-electron chi connectivity index (χ2n) is 4.53. The summed E-state index contributed by atoms with van der Waals surface area (Å²) in [7, 11) is 1.30. The van der Waals surface area contributed by atoms with Gasteiger partial charge in [-0.05, 0) is 36.4 Å². The fourth-order valence-corrected chi connectivity index (χ4v) is 2.72. The fraction of sp³-hybridized carbons (Fsp3) is 0.188. The molecule has 0 aliphatic heterocycles. The second-order valence-corrected chi connectivity index (χ2v) is 6.29. The van der Waals surface area contributed by atoms with E-state index in [0.29, 0.717) is 28.9 Å². The summed E-state index contributed by atoms with van der Waals surface area (Å²) in [6.45, 7) is 0.864. The van der Waals surface area contributed by atoms with Crippen molar-refractivity contribution in [1.29, 1.82) is 0 Å². The van der Waals surface area contributed by atoms with E-state index in [4.69, 9.17) is 32.7 Å². The van der Waals surface area contributed by atoms with Crippen LogP contribution in [-0.2, 0) is 4.74 Å². The van der Waals surface area contributed by atoms with Gasteiger partial charge in [0, 0.05) is 16.0 Å². The van der Waals surface area contributed by atoms with Crippen LogP contribution < -0.4 is 10.1 Å². The van der Waals surface area contributed by atoms with Crippen LogP contribution in [0.4, 0.5) is 5.69 Å². The van der Waals surface area contributed by atoms with Crippen LogP contribution in [0.25, 0.3) is 0 Å². The maximum atomic E-state index is 11.8. The number of nitrogens with one attached hydrogen (secondary N) is 1. The number of carbonyl (C=O) groups excluding carboxylic acids is 1. The van der Waals surface area contributed by atoms with Gasteiger partial charge < -0.3 is 14.8 Å². The number of hydrogen-bond acceptors (Lipinski definition) is 4. The molecule has 0 aliphatic rings. The first-order valence-corrected chi connectivity index (χ1v) is 8.25. The third-order valence-corrected chi connectivity index (χ3v) is 3.99. The predicted octanol–water partition coefficient (Wildman–Crippen LogP) is 5.03. The number of esters is 1. The van der Waals surface area contributed by atoms with Crippen molar-refractivity contribution in [3.63, 3.8) is 0 Å². The Morgan fingerprint density at radius 1 is 1.22 bits per heavy atom. The Bertz CT molecular complexity index is 692. The number of rotatable bonds is 6. The maximum absolute atomic E-state index is 11.8. The van der Waals surface area contributed by atoms with E-state index in [-0.39, 0.29) is 5.56 Å². The summed E-state index contributed by atoms with van der Waals surface area (Å²) in [5.74, 6) is 0.246. The van der Waals surface area contributed by atoms with Gasteiger partial charge in [-0.15, -0.1) is 0 Å². The average Bonchev–Trinajstić information content (AvgIpc) is 2.53. The third-order valence-electron chi connectivity index (χ3n) is 2.95. The molecule has 0 fully saturated rings. The average molecular weight is 419 g/mol. The highest BCUT2D eigenvalue weighted by atomic mass is 79.9. The topological polar surface area (TPSA) is 47.6 Å². The number of carbonyl (C=O) groups is 1. The van der Waals surface area contributed by atoms with E-state index >= 15 is 0 Å². The van der Waals surface area contributed by atoms with Gasteiger partial charge in [0.05, 0.1) is 23.4 Å². The van der Waals surface area contributed by atoms with Crippen LogP contribution in [0.1, 0.15) is 10.4 Å². The lowest BCUT2D eigenvalue weighted by molar-refractivity contribution is 0.0602. The van der Waals surface area contributed by atoms with Gasteiger partial charge in [-0.1, -0.05) is 39.1 Å². The molecule has 0 heterocycles. The maximum Gasteiger partial charge on any atom is 0.340 e. The normalized spacial score (nSPS) is 10.3. The Morgan fingerprint density at radius 3 is 2.57 bits per heavy atom. The zero-order valence-corrected chi connectivity index (χ0v) is 15.3. The molecule has 1 N–H and O–H groups in total. The van der Waals surface area contributed by atoms with Crippen LogP contribution >= 0.6 is 39.1 Å². The number of hydrogen-bond donors (Lipinski definition) is 1. The molecule has 122 valence electrons. The summed E-state index contributed by atoms with van der Waals surface area (Å²) in [5.41, 5.74) is 0.760. The van der Waals surface area contributed by atoms with Crippen LogP contribution in [0, 0.1) is 0 Å². The molecule has 7 heteroatoms. The minimum atomic E-state index is -0.509.